The minimum Gasteiger partial charge on any atom is -0.457 e. The van der Waals surface area contributed by atoms with E-state index < -0.39 is 0 Å². The van der Waals surface area contributed by atoms with Gasteiger partial charge in [0.15, 0.2) is 0 Å². The van der Waals surface area contributed by atoms with Crippen molar-refractivity contribution in [2.75, 3.05) is 5.73 Å². The quantitative estimate of drug-likeness (QED) is 0.792. The SMILES string of the molecule is Cc1cc(N)cc(Oc2ccccc2C(C)(C)C)c1. The predicted molar refractivity (Wildman–Crippen MR) is 80.8 cm³/mol. The van der Waals surface area contributed by atoms with Crippen LogP contribution in [0, 0.1) is 6.92 Å². The zero-order valence-electron chi connectivity index (χ0n) is 12.0. The van der Waals surface area contributed by atoms with Crippen LogP contribution in [-0.4, -0.2) is 0 Å². The molecule has 0 heterocycles. The summed E-state index contributed by atoms with van der Waals surface area (Å²) < 4.78 is 6.02. The Kier molecular flexibility index (Phi) is 3.52. The number of nitrogen functional groups attached to an aromatic ring is 1. The molecule has 0 radical (unpaired) electrons. The second-order valence-electron chi connectivity index (χ2n) is 5.93. The van der Waals surface area contributed by atoms with Gasteiger partial charge in [-0.25, -0.2) is 0 Å². The van der Waals surface area contributed by atoms with E-state index in [1.807, 2.05) is 43.3 Å². The van der Waals surface area contributed by atoms with Crippen LogP contribution in [0.1, 0.15) is 31.9 Å². The number of para-hydroxylation sites is 1. The number of ether oxygens (including phenoxy) is 1. The van der Waals surface area contributed by atoms with E-state index in [1.165, 1.54) is 5.56 Å². The second-order valence-corrected chi connectivity index (χ2v) is 5.93. The van der Waals surface area contributed by atoms with Crippen LogP contribution < -0.4 is 10.5 Å². The van der Waals surface area contributed by atoms with E-state index in [1.54, 1.807) is 0 Å². The highest BCUT2D eigenvalue weighted by Gasteiger charge is 2.18. The summed E-state index contributed by atoms with van der Waals surface area (Å²) in [6.07, 6.45) is 0. The minimum absolute atomic E-state index is 0.0476. The van der Waals surface area contributed by atoms with Crippen LogP contribution in [0.5, 0.6) is 11.5 Å². The third-order valence-corrected chi connectivity index (χ3v) is 3.00. The maximum absolute atomic E-state index is 6.02. The fraction of sp³-hybridized carbons (Fsp3) is 0.294. The number of nitrogens with two attached hydrogens (primary N) is 1. The number of hydrogen-bond donors (Lipinski definition) is 1. The summed E-state index contributed by atoms with van der Waals surface area (Å²) in [4.78, 5) is 0. The number of aryl methyl sites for hydroxylation is 1. The average Bonchev–Trinajstić information content (AvgIpc) is 2.26. The van der Waals surface area contributed by atoms with Gasteiger partial charge in [-0.2, -0.15) is 0 Å². The lowest BCUT2D eigenvalue weighted by Gasteiger charge is -2.22. The predicted octanol–water partition coefficient (Wildman–Crippen LogP) is 4.67. The van der Waals surface area contributed by atoms with Gasteiger partial charge in [0.25, 0.3) is 0 Å². The van der Waals surface area contributed by atoms with Gasteiger partial charge in [0.2, 0.25) is 0 Å². The van der Waals surface area contributed by atoms with Gasteiger partial charge in [-0.1, -0.05) is 39.0 Å². The van der Waals surface area contributed by atoms with Gasteiger partial charge < -0.3 is 10.5 Å². The molecule has 0 fully saturated rings. The molecule has 0 atom stereocenters. The Hall–Kier alpha value is -1.96. The van der Waals surface area contributed by atoms with Crippen molar-refractivity contribution >= 4 is 5.69 Å². The molecule has 0 aliphatic rings. The molecule has 0 bridgehead atoms. The molecule has 2 nitrogen and oxygen atoms in total. The molecule has 19 heavy (non-hydrogen) atoms. The van der Waals surface area contributed by atoms with Crippen molar-refractivity contribution in [3.05, 3.63) is 53.6 Å². The summed E-state index contributed by atoms with van der Waals surface area (Å²) in [5, 5.41) is 0. The first-order valence-corrected chi connectivity index (χ1v) is 6.51. The molecule has 2 aromatic carbocycles. The molecule has 0 amide bonds. The van der Waals surface area contributed by atoms with Crippen LogP contribution in [-0.2, 0) is 5.41 Å². The molecule has 0 aromatic heterocycles. The first kappa shape index (κ1) is 13.5. The van der Waals surface area contributed by atoms with Crippen LogP contribution in [0.15, 0.2) is 42.5 Å². The highest BCUT2D eigenvalue weighted by molar-refractivity contribution is 5.49. The Morgan fingerprint density at radius 3 is 2.32 bits per heavy atom. The maximum atomic E-state index is 6.02. The Morgan fingerprint density at radius 2 is 1.68 bits per heavy atom. The fourth-order valence-corrected chi connectivity index (χ4v) is 2.14. The number of rotatable bonds is 2. The molecule has 0 aliphatic carbocycles. The van der Waals surface area contributed by atoms with Gasteiger partial charge in [-0.05, 0) is 36.1 Å². The van der Waals surface area contributed by atoms with Crippen molar-refractivity contribution in [1.29, 1.82) is 0 Å². The Balaban J connectivity index is 2.38. The van der Waals surface area contributed by atoms with Crippen molar-refractivity contribution < 1.29 is 4.74 Å². The summed E-state index contributed by atoms with van der Waals surface area (Å²) in [6.45, 7) is 8.55. The summed E-state index contributed by atoms with van der Waals surface area (Å²) in [5.74, 6) is 1.68. The average molecular weight is 255 g/mol. The summed E-state index contributed by atoms with van der Waals surface area (Å²) in [5.41, 5.74) is 8.92. The zero-order chi connectivity index (χ0) is 14.0. The Morgan fingerprint density at radius 1 is 1.00 bits per heavy atom. The maximum Gasteiger partial charge on any atom is 0.131 e. The van der Waals surface area contributed by atoms with Crippen LogP contribution in [0.3, 0.4) is 0 Å². The summed E-state index contributed by atoms with van der Waals surface area (Å²) in [6, 6.07) is 13.9. The molecular formula is C17H21NO. The largest absolute Gasteiger partial charge is 0.457 e. The summed E-state index contributed by atoms with van der Waals surface area (Å²) >= 11 is 0. The van der Waals surface area contributed by atoms with Crippen LogP contribution >= 0.6 is 0 Å². The molecule has 2 N–H and O–H groups in total. The van der Waals surface area contributed by atoms with E-state index >= 15 is 0 Å². The van der Waals surface area contributed by atoms with Crippen molar-refractivity contribution in [1.82, 2.24) is 0 Å². The standard InChI is InChI=1S/C17H21NO/c1-12-9-13(18)11-14(10-12)19-16-8-6-5-7-15(16)17(2,3)4/h5-11H,18H2,1-4H3. The van der Waals surface area contributed by atoms with E-state index in [-0.39, 0.29) is 5.41 Å². The lowest BCUT2D eigenvalue weighted by atomic mass is 9.86. The number of benzene rings is 2. The van der Waals surface area contributed by atoms with Crippen LogP contribution in [0.2, 0.25) is 0 Å². The van der Waals surface area contributed by atoms with Crippen molar-refractivity contribution in [3.8, 4) is 11.5 Å². The zero-order valence-corrected chi connectivity index (χ0v) is 12.0. The van der Waals surface area contributed by atoms with E-state index in [0.29, 0.717) is 0 Å². The highest BCUT2D eigenvalue weighted by Crippen LogP contribution is 2.34. The first-order valence-electron chi connectivity index (χ1n) is 6.51. The fourth-order valence-electron chi connectivity index (χ4n) is 2.14. The molecule has 0 saturated heterocycles. The van der Waals surface area contributed by atoms with E-state index in [2.05, 4.69) is 26.8 Å². The molecule has 0 aliphatic heterocycles. The van der Waals surface area contributed by atoms with E-state index in [4.69, 9.17) is 10.5 Å². The van der Waals surface area contributed by atoms with Crippen molar-refractivity contribution in [2.24, 2.45) is 0 Å². The highest BCUT2D eigenvalue weighted by atomic mass is 16.5. The third kappa shape index (κ3) is 3.28. The minimum atomic E-state index is 0.0476. The number of anilines is 1. The smallest absolute Gasteiger partial charge is 0.131 e. The van der Waals surface area contributed by atoms with Crippen LogP contribution in [0.25, 0.3) is 0 Å². The van der Waals surface area contributed by atoms with E-state index in [9.17, 15) is 0 Å². The van der Waals surface area contributed by atoms with Gasteiger partial charge in [0.1, 0.15) is 11.5 Å². The normalized spacial score (nSPS) is 11.4. The lowest BCUT2D eigenvalue weighted by Crippen LogP contribution is -2.12. The van der Waals surface area contributed by atoms with Gasteiger partial charge in [-0.3, -0.25) is 0 Å². The van der Waals surface area contributed by atoms with Crippen molar-refractivity contribution in [2.45, 2.75) is 33.1 Å². The Labute approximate surface area is 115 Å². The van der Waals surface area contributed by atoms with Gasteiger partial charge >= 0.3 is 0 Å². The van der Waals surface area contributed by atoms with Crippen LogP contribution in [0.4, 0.5) is 5.69 Å². The number of hydrogen-bond acceptors (Lipinski definition) is 2. The van der Waals surface area contributed by atoms with Crippen molar-refractivity contribution in [3.63, 3.8) is 0 Å². The second kappa shape index (κ2) is 4.96. The molecule has 0 unspecified atom stereocenters. The lowest BCUT2D eigenvalue weighted by molar-refractivity contribution is 0.455. The topological polar surface area (TPSA) is 35.2 Å². The molecule has 0 saturated carbocycles. The van der Waals surface area contributed by atoms with Gasteiger partial charge in [0.05, 0.1) is 0 Å². The molecule has 2 aromatic rings. The van der Waals surface area contributed by atoms with Gasteiger partial charge in [0, 0.05) is 17.3 Å². The molecular weight excluding hydrogens is 234 g/mol. The summed E-state index contributed by atoms with van der Waals surface area (Å²) in [7, 11) is 0. The van der Waals surface area contributed by atoms with E-state index in [0.717, 1.165) is 22.7 Å². The third-order valence-electron chi connectivity index (χ3n) is 3.00. The van der Waals surface area contributed by atoms with Gasteiger partial charge in [-0.15, -0.1) is 0 Å². The molecule has 2 heteroatoms. The monoisotopic (exact) mass is 255 g/mol. The first-order chi connectivity index (χ1) is 8.86. The molecule has 0 spiro atoms. The Bertz CT molecular complexity index is 562. The molecule has 2 rings (SSSR count). The molecule has 100 valence electrons.